The molecule has 0 saturated heterocycles. The quantitative estimate of drug-likeness (QED) is 0.0844. The Hall–Kier alpha value is -5.60. The molecule has 0 spiro atoms. The van der Waals surface area contributed by atoms with Crippen LogP contribution in [0.5, 0.6) is 11.5 Å². The number of aromatic nitrogens is 2. The second-order valence-electron chi connectivity index (χ2n) is 17.9. The number of carbonyl (C=O) groups excluding carboxylic acids is 4. The van der Waals surface area contributed by atoms with Crippen molar-refractivity contribution in [3.8, 4) is 34.0 Å². The fourth-order valence-electron chi connectivity index (χ4n) is 9.11. The van der Waals surface area contributed by atoms with Gasteiger partial charge in [-0.15, -0.1) is 0 Å². The van der Waals surface area contributed by atoms with Crippen LogP contribution < -0.4 is 28.3 Å². The molecule has 2 fully saturated rings. The molecule has 10 rings (SSSR count). The van der Waals surface area contributed by atoms with Gasteiger partial charge < -0.3 is 24.0 Å². The molecule has 11 nitrogen and oxygen atoms in total. The van der Waals surface area contributed by atoms with E-state index in [9.17, 15) is 0 Å². The molecular weight excluding hydrogens is 1100 g/mol. The van der Waals surface area contributed by atoms with Gasteiger partial charge >= 0.3 is 31.2 Å². The third-order valence-electron chi connectivity index (χ3n) is 12.9. The Morgan fingerprint density at radius 1 is 0.506 bits per heavy atom. The van der Waals surface area contributed by atoms with E-state index in [2.05, 4.69) is 91.7 Å². The number of ether oxygens (including phenoxy) is 2. The maximum Gasteiger partial charge on any atom is 1.00 e. The molecule has 4 unspecified atom stereocenters. The number of benzene rings is 6. The van der Waals surface area contributed by atoms with Crippen molar-refractivity contribution in [2.75, 3.05) is 0 Å². The number of nitrogens with zero attached hydrogens (tertiary/aromatic N) is 2. The van der Waals surface area contributed by atoms with Crippen molar-refractivity contribution in [3.63, 3.8) is 0 Å². The van der Waals surface area contributed by atoms with Gasteiger partial charge in [-0.25, -0.2) is 0 Å². The Morgan fingerprint density at radius 3 is 1.25 bits per heavy atom. The number of hydrogen-bond acceptors (Lipinski definition) is 11. The van der Waals surface area contributed by atoms with Crippen molar-refractivity contribution in [2.45, 2.75) is 96.2 Å². The molecule has 77 heavy (non-hydrogen) atoms. The van der Waals surface area contributed by atoms with Crippen LogP contribution in [0.3, 0.4) is 0 Å². The maximum absolute atomic E-state index is 8.12. The third-order valence-corrected chi connectivity index (χ3v) is 14.8. The van der Waals surface area contributed by atoms with Crippen LogP contribution in [0.25, 0.3) is 22.5 Å². The molecule has 2 aliphatic rings. The predicted molar refractivity (Wildman–Crippen MR) is 293 cm³/mol. The summed E-state index contributed by atoms with van der Waals surface area (Å²) in [5, 5.41) is 12.1. The first-order chi connectivity index (χ1) is 36.3. The zero-order chi connectivity index (χ0) is 53.6. The van der Waals surface area contributed by atoms with E-state index in [1.165, 1.54) is 27.8 Å². The molecule has 4 atom stereocenters. The summed E-state index contributed by atoms with van der Waals surface area (Å²) < 4.78 is 23.6. The van der Waals surface area contributed by atoms with Gasteiger partial charge in [-0.1, -0.05) is 178 Å². The summed E-state index contributed by atoms with van der Waals surface area (Å²) in [5.74, 6) is 4.91. The van der Waals surface area contributed by atoms with Gasteiger partial charge in [-0.3, -0.25) is 0 Å². The first-order valence-corrected chi connectivity index (χ1v) is 26.4. The van der Waals surface area contributed by atoms with Crippen molar-refractivity contribution in [3.05, 3.63) is 208 Å². The molecule has 8 aromatic rings. The SMILES string of the molecule is CCCc1onc(-c2c(Cl)cccc2Cl)c1COc1ccc(C2CC2c2ccc(C)cc2)c(Cl)c1.CCCc1onc(-c2c(Cl)cccc2Cl)c1COc1ccc(C2CC2c2ccccc2)c(Cl)c1.O=C=O.O=C=O.[Li+].[OH-]. The number of hydrogen-bond donors (Lipinski definition) is 0. The molecule has 0 radical (unpaired) electrons. The van der Waals surface area contributed by atoms with Crippen molar-refractivity contribution < 1.29 is 62.0 Å². The predicted octanol–water partition coefficient (Wildman–Crippen LogP) is 14.2. The minimum absolute atomic E-state index is 0. The van der Waals surface area contributed by atoms with E-state index in [1.54, 1.807) is 24.3 Å². The van der Waals surface area contributed by atoms with Gasteiger partial charge in [-0.05, 0) is 127 Å². The van der Waals surface area contributed by atoms with Gasteiger partial charge in [0.15, 0.2) is 0 Å². The van der Waals surface area contributed by atoms with Crippen LogP contribution >= 0.6 is 69.6 Å². The van der Waals surface area contributed by atoms with Gasteiger partial charge in [0.25, 0.3) is 0 Å². The molecular formula is C59H51Cl6LiN2O9. The molecule has 2 aromatic heterocycles. The maximum atomic E-state index is 8.12. The first-order valence-electron chi connectivity index (χ1n) is 24.1. The molecule has 394 valence electrons. The monoisotopic (exact) mass is 1150 g/mol. The summed E-state index contributed by atoms with van der Waals surface area (Å²) in [6.45, 7) is 6.85. The Labute approximate surface area is 488 Å². The van der Waals surface area contributed by atoms with Crippen molar-refractivity contribution >= 4 is 81.9 Å². The van der Waals surface area contributed by atoms with Crippen LogP contribution in [0.4, 0.5) is 0 Å². The molecule has 2 aliphatic carbocycles. The van der Waals surface area contributed by atoms with Crippen molar-refractivity contribution in [1.29, 1.82) is 0 Å². The Balaban J connectivity index is 0.000000252. The molecule has 18 heteroatoms. The summed E-state index contributed by atoms with van der Waals surface area (Å²) in [6, 6.07) is 42.1. The first kappa shape index (κ1) is 62.2. The number of rotatable bonds is 16. The van der Waals surface area contributed by atoms with Crippen LogP contribution in [0.1, 0.15) is 114 Å². The van der Waals surface area contributed by atoms with E-state index in [-0.39, 0.29) is 49.9 Å². The van der Waals surface area contributed by atoms with Gasteiger partial charge in [0.1, 0.15) is 47.6 Å². The molecule has 0 aliphatic heterocycles. The molecule has 0 bridgehead atoms. The number of aryl methyl sites for hydroxylation is 3. The smallest absolute Gasteiger partial charge is 0.870 e. The summed E-state index contributed by atoms with van der Waals surface area (Å²) in [4.78, 5) is 32.5. The van der Waals surface area contributed by atoms with Gasteiger partial charge in [0.2, 0.25) is 0 Å². The minimum atomic E-state index is 0. The van der Waals surface area contributed by atoms with E-state index in [0.29, 0.717) is 77.8 Å². The second-order valence-corrected chi connectivity index (χ2v) is 20.3. The van der Waals surface area contributed by atoms with Crippen LogP contribution in [-0.2, 0) is 45.2 Å². The largest absolute Gasteiger partial charge is 1.00 e. The van der Waals surface area contributed by atoms with Gasteiger partial charge in [0, 0.05) is 34.0 Å². The summed E-state index contributed by atoms with van der Waals surface area (Å²) in [6.07, 6.45) is 6.06. The standard InChI is InChI=1S/C29H26Cl3NO2.C28H24Cl3NO2.2CO2.Li.H2O/c1-3-5-27-23(29(33-35-27)28-24(30)6-4-7-25(28)31)16-34-19-12-13-20(26(32)14-19)22-15-21(22)18-10-8-17(2)9-11-18;1-2-7-26-22(28(32-34-26)27-23(29)10-6-11-24(27)30)16-33-18-12-13-19(25(31)14-18)21-15-20(21)17-8-4-3-5-9-17;2*2-1-3;;/h4,6-14,21-22H,3,5,15-16H2,1-2H3;3-6,8-14,20-21H,2,7,15-16H2,1H3;;;;1H2/q;;;;+1;/p-1. The zero-order valence-corrected chi connectivity index (χ0v) is 47.0. The van der Waals surface area contributed by atoms with Crippen LogP contribution in [-0.4, -0.2) is 28.1 Å². The van der Waals surface area contributed by atoms with Gasteiger partial charge in [-0.2, -0.15) is 19.2 Å². The molecule has 1 N–H and O–H groups in total. The second kappa shape index (κ2) is 29.9. The Kier molecular flexibility index (Phi) is 24.2. The number of halogens is 6. The summed E-state index contributed by atoms with van der Waals surface area (Å²) >= 11 is 39.2. The Bertz CT molecular complexity index is 3230. The molecule has 0 amide bonds. The van der Waals surface area contributed by atoms with Crippen LogP contribution in [0.15, 0.2) is 136 Å². The van der Waals surface area contributed by atoms with Crippen molar-refractivity contribution in [2.24, 2.45) is 0 Å². The fraction of sp³-hybridized carbons (Fsp3) is 0.254. The van der Waals surface area contributed by atoms with Gasteiger partial charge in [0.05, 0.1) is 31.2 Å². The molecule has 2 heterocycles. The van der Waals surface area contributed by atoms with Crippen LogP contribution in [0, 0.1) is 6.92 Å². The van der Waals surface area contributed by atoms with E-state index in [0.717, 1.165) is 71.2 Å². The minimum Gasteiger partial charge on any atom is -0.870 e. The average Bonchev–Trinajstić information content (AvgIpc) is 4.32. The molecule has 2 saturated carbocycles. The van der Waals surface area contributed by atoms with E-state index >= 15 is 0 Å². The van der Waals surface area contributed by atoms with E-state index in [4.69, 9.17) is 107 Å². The topological polar surface area (TPSA) is 169 Å². The average molecular weight is 1150 g/mol. The third kappa shape index (κ3) is 15.8. The molecule has 6 aromatic carbocycles. The fourth-order valence-corrected chi connectivity index (χ4v) is 10.9. The normalized spacial score (nSPS) is 15.4. The summed E-state index contributed by atoms with van der Waals surface area (Å²) in [7, 11) is 0. The van der Waals surface area contributed by atoms with E-state index in [1.807, 2.05) is 42.5 Å². The van der Waals surface area contributed by atoms with E-state index < -0.39 is 0 Å². The summed E-state index contributed by atoms with van der Waals surface area (Å²) in [5.41, 5.74) is 10.6. The Morgan fingerprint density at radius 2 is 0.883 bits per heavy atom. The zero-order valence-electron chi connectivity index (χ0n) is 42.5. The van der Waals surface area contributed by atoms with Crippen molar-refractivity contribution in [1.82, 2.24) is 10.3 Å². The van der Waals surface area contributed by atoms with Crippen LogP contribution in [0.2, 0.25) is 30.1 Å².